The summed E-state index contributed by atoms with van der Waals surface area (Å²) in [5.74, 6) is 2.12. The van der Waals surface area contributed by atoms with Crippen LogP contribution in [0.3, 0.4) is 0 Å². The highest BCUT2D eigenvalue weighted by molar-refractivity contribution is 6.15. The fourth-order valence-corrected chi connectivity index (χ4v) is 20.4. The van der Waals surface area contributed by atoms with Gasteiger partial charge in [0.05, 0.1) is 33.6 Å². The lowest BCUT2D eigenvalue weighted by molar-refractivity contribution is 0.619. The zero-order chi connectivity index (χ0) is 82.8. The zero-order valence-electron chi connectivity index (χ0n) is 69.0. The second-order valence-electron chi connectivity index (χ2n) is 34.6. The van der Waals surface area contributed by atoms with Crippen molar-refractivity contribution < 1.29 is 13.3 Å². The van der Waals surface area contributed by atoms with Crippen LogP contribution in [0, 0.1) is 0 Å². The molecule has 0 atom stereocenters. The van der Waals surface area contributed by atoms with E-state index in [2.05, 4.69) is 357 Å². The van der Waals surface area contributed by atoms with E-state index in [1.165, 1.54) is 77.7 Å². The van der Waals surface area contributed by atoms with Crippen LogP contribution in [0.25, 0.3) is 222 Å². The molecule has 124 heavy (non-hydrogen) atoms. The summed E-state index contributed by atoms with van der Waals surface area (Å²) in [6.07, 6.45) is 0. The van der Waals surface area contributed by atoms with Gasteiger partial charge >= 0.3 is 0 Å². The highest BCUT2D eigenvalue weighted by atomic mass is 16.3. The molecule has 0 unspecified atom stereocenters. The number of hydrogen-bond acceptors (Lipinski definition) is 9. The Balaban J connectivity index is 0.000000105. The Hall–Kier alpha value is -15.6. The van der Waals surface area contributed by atoms with Crippen LogP contribution in [0.4, 0.5) is 0 Å². The zero-order valence-corrected chi connectivity index (χ0v) is 69.0. The molecule has 23 aromatic rings. The van der Waals surface area contributed by atoms with E-state index in [9.17, 15) is 0 Å². The van der Waals surface area contributed by atoms with Crippen molar-refractivity contribution in [3.8, 4) is 112 Å². The van der Waals surface area contributed by atoms with E-state index in [0.717, 1.165) is 166 Å². The molecule has 0 amide bonds. The highest BCUT2D eigenvalue weighted by Crippen LogP contribution is 2.57. The monoisotopic (exact) mass is 1590 g/mol. The van der Waals surface area contributed by atoms with Crippen LogP contribution in [-0.4, -0.2) is 29.9 Å². The topological polar surface area (TPSA) is 117 Å². The molecule has 3 aliphatic rings. The van der Waals surface area contributed by atoms with Gasteiger partial charge in [0.1, 0.15) is 33.5 Å². The van der Waals surface area contributed by atoms with Gasteiger partial charge in [0.15, 0.2) is 17.5 Å². The Morgan fingerprint density at radius 1 is 0.202 bits per heavy atom. The lowest BCUT2D eigenvalue weighted by Gasteiger charge is -2.21. The Kier molecular flexibility index (Phi) is 16.2. The first-order valence-corrected chi connectivity index (χ1v) is 42.5. The van der Waals surface area contributed by atoms with Gasteiger partial charge in [0, 0.05) is 120 Å². The van der Waals surface area contributed by atoms with Crippen molar-refractivity contribution in [3.63, 3.8) is 0 Å². The van der Waals surface area contributed by atoms with Crippen LogP contribution in [0.1, 0.15) is 74.9 Å². The maximum atomic E-state index is 6.74. The molecule has 17 aromatic carbocycles. The van der Waals surface area contributed by atoms with Crippen molar-refractivity contribution >= 4 is 109 Å². The molecule has 0 spiro atoms. The molecule has 6 heterocycles. The molecule has 0 saturated heterocycles. The third-order valence-electron chi connectivity index (χ3n) is 26.4. The van der Waals surface area contributed by atoms with Crippen LogP contribution in [0.5, 0.6) is 0 Å². The molecule has 0 N–H and O–H groups in total. The Bertz CT molecular complexity index is 8390. The van der Waals surface area contributed by atoms with Gasteiger partial charge in [0.25, 0.3) is 0 Å². The Morgan fingerprint density at radius 2 is 0.573 bits per heavy atom. The summed E-state index contributed by atoms with van der Waals surface area (Å²) in [6, 6.07) is 128. The summed E-state index contributed by atoms with van der Waals surface area (Å²) >= 11 is 0. The number of hydrogen-bond donors (Lipinski definition) is 0. The molecule has 0 saturated carbocycles. The number of rotatable bonds is 7. The lowest BCUT2D eigenvalue weighted by Crippen LogP contribution is -2.15. The van der Waals surface area contributed by atoms with E-state index >= 15 is 0 Å². The molecule has 0 radical (unpaired) electrons. The SMILES string of the molecule is CC1(C)c2ccccc2-c2ccc3c(oc4cc(-c5nc(-c6ccccc6)c6ccc7ccccc7c6n5)ccc43)c21.CC1(C)c2ccccc2-c2ccc3c(oc4cc(-c5nc(-c6ccccc6)nc6ccccc56)ccc43)c21.CC1(C)c2ccccc2-c2ccc3c(oc4ccc(-c5nc(-c6ccccc6)c6cc(-c7ccccc7)ccc6n5)cc43)c21. The maximum absolute atomic E-state index is 6.74. The van der Waals surface area contributed by atoms with Gasteiger partial charge in [-0.05, 0) is 152 Å². The Morgan fingerprint density at radius 3 is 1.13 bits per heavy atom. The molecule has 9 nitrogen and oxygen atoms in total. The predicted molar refractivity (Wildman–Crippen MR) is 509 cm³/mol. The standard InChI is InChI=1S/C41H28N2O.C39H26N2O.C35H24N2O/c1-41(2)34-16-10-9-15-29(34)30-19-20-31-32-24-28(18-22-36(32)44-39(31)37(30)41)40-42-35-21-17-27(25-11-5-3-6-12-25)23-33(35)38(43-40)26-13-7-4-8-14-26;1-39(2)32-15-9-8-14-27(32)29-20-21-30-28-18-17-25(22-33(28)42-37(30)34(29)39)38-40-35(24-11-4-3-5-12-24)31-19-16-23-10-6-7-13-26(23)36(31)41-38;1-35(2)28-14-8-6-12-23(28)25-18-19-26-24-17-16-22(20-30(24)38-33(26)31(25)35)32-27-13-7-9-15-29(27)36-34(37-32)21-10-4-3-5-11-21/h3-24H,1-2H3;3-22H,1-2H3;3-20H,1-2H3. The molecule has 6 aromatic heterocycles. The molecule has 0 fully saturated rings. The summed E-state index contributed by atoms with van der Waals surface area (Å²) in [6.45, 7) is 13.8. The quantitative estimate of drug-likeness (QED) is 0.144. The number of para-hydroxylation sites is 1. The van der Waals surface area contributed by atoms with E-state index < -0.39 is 0 Å². The van der Waals surface area contributed by atoms with Crippen molar-refractivity contribution in [3.05, 3.63) is 397 Å². The van der Waals surface area contributed by atoms with Gasteiger partial charge in [-0.3, -0.25) is 0 Å². The smallest absolute Gasteiger partial charge is 0.160 e. The number of fused-ring (bicyclic) bond motifs is 26. The van der Waals surface area contributed by atoms with Gasteiger partial charge < -0.3 is 13.3 Å². The molecule has 26 rings (SSSR count). The van der Waals surface area contributed by atoms with Crippen LogP contribution < -0.4 is 0 Å². The minimum Gasteiger partial charge on any atom is -0.456 e. The van der Waals surface area contributed by atoms with Gasteiger partial charge in [-0.25, -0.2) is 29.9 Å². The first kappa shape index (κ1) is 72.4. The fraction of sp³-hybridized carbons (Fsp3) is 0.0783. The van der Waals surface area contributed by atoms with E-state index in [0.29, 0.717) is 11.6 Å². The molecule has 3 aliphatic carbocycles. The summed E-state index contributed by atoms with van der Waals surface area (Å²) < 4.78 is 20.1. The minimum atomic E-state index is -0.146. The Labute approximate surface area is 715 Å². The largest absolute Gasteiger partial charge is 0.456 e. The van der Waals surface area contributed by atoms with E-state index in [1.807, 2.05) is 48.5 Å². The van der Waals surface area contributed by atoms with Crippen molar-refractivity contribution in [1.82, 2.24) is 29.9 Å². The average molecular weight is 1590 g/mol. The predicted octanol–water partition coefficient (Wildman–Crippen LogP) is 30.3. The molecule has 0 bridgehead atoms. The summed E-state index contributed by atoms with van der Waals surface area (Å²) in [5.41, 5.74) is 34.6. The van der Waals surface area contributed by atoms with Crippen molar-refractivity contribution in [2.45, 2.75) is 57.8 Å². The first-order valence-electron chi connectivity index (χ1n) is 42.5. The summed E-state index contributed by atoms with van der Waals surface area (Å²) in [5, 5.41) is 12.1. The van der Waals surface area contributed by atoms with Crippen molar-refractivity contribution in [2.75, 3.05) is 0 Å². The lowest BCUT2D eigenvalue weighted by atomic mass is 9.82. The van der Waals surface area contributed by atoms with Crippen LogP contribution in [0.2, 0.25) is 0 Å². The average Bonchev–Trinajstić information content (AvgIpc) is 1.60. The maximum Gasteiger partial charge on any atom is 0.160 e. The van der Waals surface area contributed by atoms with Crippen molar-refractivity contribution in [1.29, 1.82) is 0 Å². The molecule has 586 valence electrons. The van der Waals surface area contributed by atoms with E-state index in [4.69, 9.17) is 43.2 Å². The van der Waals surface area contributed by atoms with Gasteiger partial charge in [-0.2, -0.15) is 0 Å². The minimum absolute atomic E-state index is 0.129. The molecular formula is C115H78N6O3. The van der Waals surface area contributed by atoms with E-state index in [1.54, 1.807) is 0 Å². The summed E-state index contributed by atoms with van der Waals surface area (Å²) in [4.78, 5) is 30.6. The van der Waals surface area contributed by atoms with Gasteiger partial charge in [-0.1, -0.05) is 321 Å². The van der Waals surface area contributed by atoms with Crippen molar-refractivity contribution in [2.24, 2.45) is 0 Å². The van der Waals surface area contributed by atoms with E-state index in [-0.39, 0.29) is 16.2 Å². The number of benzene rings is 17. The number of aromatic nitrogens is 6. The fourth-order valence-electron chi connectivity index (χ4n) is 20.4. The third kappa shape index (κ3) is 11.3. The number of nitrogens with zero attached hydrogens (tertiary/aromatic N) is 6. The summed E-state index contributed by atoms with van der Waals surface area (Å²) in [7, 11) is 0. The second kappa shape index (κ2) is 27.7. The second-order valence-corrected chi connectivity index (χ2v) is 34.6. The third-order valence-corrected chi connectivity index (χ3v) is 26.4. The molecule has 9 heteroatoms. The highest BCUT2D eigenvalue weighted by Gasteiger charge is 2.42. The number of furan rings is 3. The normalized spacial score (nSPS) is 13.6. The molecule has 0 aliphatic heterocycles. The van der Waals surface area contributed by atoms with Gasteiger partial charge in [0.2, 0.25) is 0 Å². The van der Waals surface area contributed by atoms with Gasteiger partial charge in [-0.15, -0.1) is 0 Å². The first-order chi connectivity index (χ1) is 60.7. The van der Waals surface area contributed by atoms with Crippen LogP contribution in [-0.2, 0) is 16.2 Å². The van der Waals surface area contributed by atoms with Crippen LogP contribution in [0.15, 0.2) is 377 Å². The van der Waals surface area contributed by atoms with Crippen LogP contribution >= 0.6 is 0 Å². The molecular weight excluding hydrogens is 1510 g/mol.